The van der Waals surface area contributed by atoms with Gasteiger partial charge in [-0.05, 0) is 61.9 Å². The van der Waals surface area contributed by atoms with Crippen LogP contribution in [-0.4, -0.2) is 30.0 Å². The quantitative estimate of drug-likeness (QED) is 0.431. The summed E-state index contributed by atoms with van der Waals surface area (Å²) < 4.78 is 11.0. The Bertz CT molecular complexity index is 1310. The summed E-state index contributed by atoms with van der Waals surface area (Å²) >= 11 is 0. The van der Waals surface area contributed by atoms with Gasteiger partial charge >= 0.3 is 5.97 Å². The van der Waals surface area contributed by atoms with Crippen LogP contribution in [0.3, 0.4) is 0 Å². The molecule has 35 heavy (non-hydrogen) atoms. The molecule has 0 aliphatic carbocycles. The van der Waals surface area contributed by atoms with E-state index in [0.717, 1.165) is 5.56 Å². The molecule has 1 atom stereocenters. The van der Waals surface area contributed by atoms with E-state index in [2.05, 4.69) is 5.32 Å². The fraction of sp³-hybridized carbons (Fsp3) is 0.185. The molecule has 1 heterocycles. The van der Waals surface area contributed by atoms with E-state index < -0.39 is 17.5 Å². The van der Waals surface area contributed by atoms with Crippen LogP contribution >= 0.6 is 0 Å². The number of fused-ring (bicyclic) bond motifs is 1. The molecule has 176 valence electrons. The van der Waals surface area contributed by atoms with E-state index in [0.29, 0.717) is 28.3 Å². The second kappa shape index (κ2) is 9.69. The summed E-state index contributed by atoms with van der Waals surface area (Å²) in [5, 5.41) is 11.7. The van der Waals surface area contributed by atoms with Crippen molar-refractivity contribution in [2.75, 3.05) is 16.8 Å². The molecular weight excluding hydrogens is 446 g/mol. The van der Waals surface area contributed by atoms with Gasteiger partial charge in [-0.2, -0.15) is 5.26 Å². The van der Waals surface area contributed by atoms with E-state index in [1.165, 1.54) is 11.8 Å². The maximum Gasteiger partial charge on any atom is 0.360 e. The number of anilines is 2. The lowest BCUT2D eigenvalue weighted by Gasteiger charge is -2.39. The number of hydrogen-bond acceptors (Lipinski definition) is 6. The molecule has 3 aromatic carbocycles. The number of benzene rings is 3. The van der Waals surface area contributed by atoms with Crippen molar-refractivity contribution in [2.24, 2.45) is 0 Å². The minimum absolute atomic E-state index is 0.108. The molecule has 0 radical (unpaired) electrons. The third-order valence-corrected chi connectivity index (χ3v) is 5.60. The summed E-state index contributed by atoms with van der Waals surface area (Å²) in [5.41, 5.74) is 0.695. The van der Waals surface area contributed by atoms with Gasteiger partial charge in [0.25, 0.3) is 17.4 Å². The highest BCUT2D eigenvalue weighted by atomic mass is 16.6. The number of amides is 2. The smallest absolute Gasteiger partial charge is 0.360 e. The average Bonchev–Trinajstić information content (AvgIpc) is 2.88. The molecule has 3 aromatic rings. The summed E-state index contributed by atoms with van der Waals surface area (Å²) in [6, 6.07) is 22.5. The van der Waals surface area contributed by atoms with E-state index in [1.54, 1.807) is 49.4 Å². The SMILES string of the molecule is CCOC(=O)C1(C)Oc2ccc(NC(=O)c3ccc(C#N)cc3)cc2N(Cc2ccccc2)C1=O. The molecule has 1 aliphatic heterocycles. The summed E-state index contributed by atoms with van der Waals surface area (Å²) in [7, 11) is 0. The van der Waals surface area contributed by atoms with Gasteiger partial charge in [-0.25, -0.2) is 4.79 Å². The molecule has 0 saturated heterocycles. The molecular formula is C27H23N3O5. The summed E-state index contributed by atoms with van der Waals surface area (Å²) in [4.78, 5) is 40.4. The fourth-order valence-corrected chi connectivity index (χ4v) is 3.74. The van der Waals surface area contributed by atoms with Crippen LogP contribution in [0.25, 0.3) is 0 Å². The van der Waals surface area contributed by atoms with Gasteiger partial charge < -0.3 is 19.7 Å². The summed E-state index contributed by atoms with van der Waals surface area (Å²) in [6.45, 7) is 3.36. The summed E-state index contributed by atoms with van der Waals surface area (Å²) in [5.74, 6) is -1.40. The number of esters is 1. The van der Waals surface area contributed by atoms with Crippen LogP contribution in [-0.2, 0) is 20.9 Å². The van der Waals surface area contributed by atoms with Crippen molar-refractivity contribution in [1.29, 1.82) is 5.26 Å². The van der Waals surface area contributed by atoms with Crippen LogP contribution in [0.1, 0.15) is 35.3 Å². The number of carbonyl (C=O) groups is 3. The Morgan fingerprint density at radius 2 is 1.80 bits per heavy atom. The predicted molar refractivity (Wildman–Crippen MR) is 129 cm³/mol. The number of nitriles is 1. The molecule has 1 N–H and O–H groups in total. The highest BCUT2D eigenvalue weighted by Crippen LogP contribution is 2.41. The van der Waals surface area contributed by atoms with Crippen molar-refractivity contribution in [2.45, 2.75) is 26.0 Å². The normalized spacial score (nSPS) is 16.5. The van der Waals surface area contributed by atoms with Crippen molar-refractivity contribution in [1.82, 2.24) is 0 Å². The Kier molecular flexibility index (Phi) is 6.51. The molecule has 0 fully saturated rings. The first-order valence-electron chi connectivity index (χ1n) is 11.0. The van der Waals surface area contributed by atoms with Crippen LogP contribution in [0, 0.1) is 11.3 Å². The Balaban J connectivity index is 1.68. The first kappa shape index (κ1) is 23.5. The first-order chi connectivity index (χ1) is 16.9. The average molecular weight is 469 g/mol. The minimum Gasteiger partial charge on any atom is -0.464 e. The zero-order valence-corrected chi connectivity index (χ0v) is 19.3. The largest absolute Gasteiger partial charge is 0.464 e. The second-order valence-electron chi connectivity index (χ2n) is 8.06. The number of rotatable bonds is 6. The van der Waals surface area contributed by atoms with E-state index in [1.807, 2.05) is 36.4 Å². The molecule has 1 aliphatic rings. The van der Waals surface area contributed by atoms with E-state index in [-0.39, 0.29) is 19.1 Å². The number of hydrogen-bond donors (Lipinski definition) is 1. The molecule has 0 spiro atoms. The minimum atomic E-state index is -1.84. The van der Waals surface area contributed by atoms with Gasteiger partial charge in [0.05, 0.1) is 30.5 Å². The fourth-order valence-electron chi connectivity index (χ4n) is 3.74. The van der Waals surface area contributed by atoms with Gasteiger partial charge in [-0.15, -0.1) is 0 Å². The zero-order valence-electron chi connectivity index (χ0n) is 19.3. The Hall–Kier alpha value is -4.64. The predicted octanol–water partition coefficient (Wildman–Crippen LogP) is 4.06. The molecule has 4 rings (SSSR count). The molecule has 8 nitrogen and oxygen atoms in total. The monoisotopic (exact) mass is 469 g/mol. The number of nitrogens with one attached hydrogen (secondary N) is 1. The van der Waals surface area contributed by atoms with Crippen molar-refractivity contribution in [3.63, 3.8) is 0 Å². The molecule has 0 bridgehead atoms. The van der Waals surface area contributed by atoms with Crippen LogP contribution < -0.4 is 15.0 Å². The van der Waals surface area contributed by atoms with E-state index in [9.17, 15) is 14.4 Å². The zero-order chi connectivity index (χ0) is 25.0. The van der Waals surface area contributed by atoms with Crippen molar-refractivity contribution in [3.05, 3.63) is 89.5 Å². The molecule has 8 heteroatoms. The highest BCUT2D eigenvalue weighted by Gasteiger charge is 2.52. The Labute approximate surface area is 202 Å². The lowest BCUT2D eigenvalue weighted by atomic mass is 10.00. The van der Waals surface area contributed by atoms with Crippen LogP contribution in [0.4, 0.5) is 11.4 Å². The van der Waals surface area contributed by atoms with Crippen LogP contribution in [0.5, 0.6) is 5.75 Å². The lowest BCUT2D eigenvalue weighted by Crippen LogP contribution is -2.59. The Morgan fingerprint density at radius 3 is 2.46 bits per heavy atom. The van der Waals surface area contributed by atoms with Gasteiger partial charge in [-0.1, -0.05) is 30.3 Å². The third-order valence-electron chi connectivity index (χ3n) is 5.60. The van der Waals surface area contributed by atoms with E-state index in [4.69, 9.17) is 14.7 Å². The second-order valence-corrected chi connectivity index (χ2v) is 8.06. The summed E-state index contributed by atoms with van der Waals surface area (Å²) in [6.07, 6.45) is 0. The van der Waals surface area contributed by atoms with Gasteiger partial charge in [0.15, 0.2) is 0 Å². The van der Waals surface area contributed by atoms with Crippen LogP contribution in [0.15, 0.2) is 72.8 Å². The molecule has 2 amide bonds. The number of ether oxygens (including phenoxy) is 2. The van der Waals surface area contributed by atoms with Gasteiger partial charge in [0.1, 0.15) is 5.75 Å². The molecule has 0 saturated carbocycles. The topological polar surface area (TPSA) is 109 Å². The number of nitrogens with zero attached hydrogens (tertiary/aromatic N) is 2. The highest BCUT2D eigenvalue weighted by molar-refractivity contribution is 6.15. The molecule has 0 aromatic heterocycles. The first-order valence-corrected chi connectivity index (χ1v) is 11.0. The lowest BCUT2D eigenvalue weighted by molar-refractivity contribution is -0.166. The van der Waals surface area contributed by atoms with Gasteiger partial charge in [0.2, 0.25) is 0 Å². The standard InChI is InChI=1S/C27H23N3O5/c1-3-34-26(33)27(2)25(32)30(17-19-7-5-4-6-8-19)22-15-21(13-14-23(22)35-27)29-24(31)20-11-9-18(16-28)10-12-20/h4-15H,3,17H2,1-2H3,(H,29,31). The van der Waals surface area contributed by atoms with Crippen molar-refractivity contribution >= 4 is 29.2 Å². The maximum atomic E-state index is 13.5. The third kappa shape index (κ3) is 4.70. The van der Waals surface area contributed by atoms with Gasteiger partial charge in [0, 0.05) is 11.3 Å². The van der Waals surface area contributed by atoms with E-state index >= 15 is 0 Å². The van der Waals surface area contributed by atoms with Gasteiger partial charge in [-0.3, -0.25) is 9.59 Å². The van der Waals surface area contributed by atoms with Crippen molar-refractivity contribution in [3.8, 4) is 11.8 Å². The van der Waals surface area contributed by atoms with Crippen molar-refractivity contribution < 1.29 is 23.9 Å². The maximum absolute atomic E-state index is 13.5. The van der Waals surface area contributed by atoms with Crippen LogP contribution in [0.2, 0.25) is 0 Å². The molecule has 1 unspecified atom stereocenters. The Morgan fingerprint density at radius 1 is 1.09 bits per heavy atom. The number of carbonyl (C=O) groups excluding carboxylic acids is 3.